The number of fused-ring (bicyclic) bond motifs is 1. The first-order chi connectivity index (χ1) is 22.8. The van der Waals surface area contributed by atoms with Gasteiger partial charge in [-0.05, 0) is 52.2 Å². The van der Waals surface area contributed by atoms with Crippen LogP contribution in [0.2, 0.25) is 0 Å². The normalized spacial score (nSPS) is 15.7. The van der Waals surface area contributed by atoms with Gasteiger partial charge in [0.05, 0.1) is 40.1 Å². The molecule has 240 valence electrons. The van der Waals surface area contributed by atoms with Crippen LogP contribution in [0.5, 0.6) is 23.0 Å². The highest BCUT2D eigenvalue weighted by Crippen LogP contribution is 2.48. The molecule has 6 rings (SSSR count). The van der Waals surface area contributed by atoms with E-state index in [0.717, 1.165) is 33.7 Å². The van der Waals surface area contributed by atoms with Crippen LogP contribution in [0.3, 0.4) is 0 Å². The summed E-state index contributed by atoms with van der Waals surface area (Å²) in [4.78, 5) is 28.6. The average Bonchev–Trinajstić information content (AvgIpc) is 3.67. The Kier molecular flexibility index (Phi) is 9.01. The maximum absolute atomic E-state index is 14.7. The third-order valence-electron chi connectivity index (χ3n) is 7.71. The lowest BCUT2D eigenvalue weighted by Gasteiger charge is -2.24. The summed E-state index contributed by atoms with van der Waals surface area (Å²) < 4.78 is 36.8. The molecule has 0 saturated carbocycles. The third kappa shape index (κ3) is 5.83. The Bertz CT molecular complexity index is 2020. The molecular formula is C34H28FN3O7S2. The van der Waals surface area contributed by atoms with Gasteiger partial charge in [0.15, 0.2) is 27.4 Å². The van der Waals surface area contributed by atoms with Crippen molar-refractivity contribution in [3.63, 3.8) is 0 Å². The van der Waals surface area contributed by atoms with E-state index in [1.807, 2.05) is 36.4 Å². The highest BCUT2D eigenvalue weighted by atomic mass is 32.2. The fourth-order valence-electron chi connectivity index (χ4n) is 5.49. The number of hydrogen-bond acceptors (Lipinski definition) is 11. The minimum absolute atomic E-state index is 0.0256. The predicted molar refractivity (Wildman–Crippen MR) is 177 cm³/mol. The lowest BCUT2D eigenvalue weighted by atomic mass is 9.94. The van der Waals surface area contributed by atoms with Crippen molar-refractivity contribution in [1.82, 2.24) is 10.2 Å². The number of ketones is 1. The molecule has 1 aromatic heterocycles. The molecule has 0 spiro atoms. The zero-order chi connectivity index (χ0) is 33.2. The lowest BCUT2D eigenvalue weighted by Crippen LogP contribution is -2.29. The van der Waals surface area contributed by atoms with Gasteiger partial charge >= 0.3 is 5.91 Å². The summed E-state index contributed by atoms with van der Waals surface area (Å²) in [6, 6.07) is 19.8. The molecule has 10 nitrogen and oxygen atoms in total. The number of halogens is 1. The van der Waals surface area contributed by atoms with E-state index in [4.69, 9.17) is 18.9 Å². The van der Waals surface area contributed by atoms with Gasteiger partial charge in [-0.15, -0.1) is 10.2 Å². The molecule has 0 aliphatic carbocycles. The van der Waals surface area contributed by atoms with Gasteiger partial charge in [-0.25, -0.2) is 4.39 Å². The van der Waals surface area contributed by atoms with Crippen LogP contribution < -0.4 is 23.8 Å². The lowest BCUT2D eigenvalue weighted by molar-refractivity contribution is -0.132. The molecule has 47 heavy (non-hydrogen) atoms. The summed E-state index contributed by atoms with van der Waals surface area (Å²) in [6.07, 6.45) is 0. The molecule has 1 saturated heterocycles. The second kappa shape index (κ2) is 13.3. The van der Waals surface area contributed by atoms with Crippen LogP contribution >= 0.6 is 23.1 Å². The van der Waals surface area contributed by atoms with Gasteiger partial charge in [-0.1, -0.05) is 65.6 Å². The second-order valence-electron chi connectivity index (χ2n) is 10.3. The van der Waals surface area contributed by atoms with E-state index in [1.54, 1.807) is 12.1 Å². The number of ether oxygens (including phenoxy) is 4. The Morgan fingerprint density at radius 1 is 0.894 bits per heavy atom. The van der Waals surface area contributed by atoms with Crippen LogP contribution in [-0.4, -0.2) is 55.4 Å². The molecular weight excluding hydrogens is 646 g/mol. The SMILES string of the molecule is COc1ccc(C(O)=C2C(=O)C(=O)N(c3nnc(SCc4cccc5ccccc45)s3)[C@H]2c2cc(OC)c(OC)c(OC)c2)cc1F. The zero-order valence-corrected chi connectivity index (χ0v) is 27.3. The summed E-state index contributed by atoms with van der Waals surface area (Å²) in [5.74, 6) is -1.93. The van der Waals surface area contributed by atoms with Gasteiger partial charge in [-0.2, -0.15) is 0 Å². The molecule has 1 fully saturated rings. The second-order valence-corrected chi connectivity index (χ2v) is 12.4. The van der Waals surface area contributed by atoms with Crippen molar-refractivity contribution in [1.29, 1.82) is 0 Å². The number of thioether (sulfide) groups is 1. The van der Waals surface area contributed by atoms with Crippen molar-refractivity contribution in [2.24, 2.45) is 0 Å². The van der Waals surface area contributed by atoms with Crippen LogP contribution in [0.1, 0.15) is 22.7 Å². The first-order valence-electron chi connectivity index (χ1n) is 14.2. The summed E-state index contributed by atoms with van der Waals surface area (Å²) in [7, 11) is 5.62. The number of Topliss-reactive ketones (excluding diaryl/α,β-unsaturated/α-hetero) is 1. The molecule has 1 atom stereocenters. The fraction of sp³-hybridized carbons (Fsp3) is 0.176. The molecule has 1 aliphatic rings. The molecule has 1 amide bonds. The van der Waals surface area contributed by atoms with E-state index in [0.29, 0.717) is 15.7 Å². The maximum Gasteiger partial charge on any atom is 0.301 e. The summed E-state index contributed by atoms with van der Waals surface area (Å²) in [5.41, 5.74) is 1.14. The number of methoxy groups -OCH3 is 4. The van der Waals surface area contributed by atoms with Gasteiger partial charge in [0.1, 0.15) is 5.76 Å². The van der Waals surface area contributed by atoms with Crippen LogP contribution in [0, 0.1) is 5.82 Å². The highest BCUT2D eigenvalue weighted by Gasteiger charge is 2.49. The van der Waals surface area contributed by atoms with Crippen molar-refractivity contribution in [3.8, 4) is 23.0 Å². The minimum Gasteiger partial charge on any atom is -0.507 e. The number of aliphatic hydroxyl groups excluding tert-OH is 1. The van der Waals surface area contributed by atoms with Gasteiger partial charge in [-0.3, -0.25) is 14.5 Å². The van der Waals surface area contributed by atoms with Gasteiger partial charge in [0.25, 0.3) is 5.78 Å². The van der Waals surface area contributed by atoms with Crippen LogP contribution in [0.15, 0.2) is 82.7 Å². The first-order valence-corrected chi connectivity index (χ1v) is 16.0. The quantitative estimate of drug-likeness (QED) is 0.0558. The van der Waals surface area contributed by atoms with Crippen molar-refractivity contribution in [3.05, 3.63) is 101 Å². The number of carbonyl (C=O) groups is 2. The highest BCUT2D eigenvalue weighted by molar-refractivity contribution is 8.00. The van der Waals surface area contributed by atoms with Gasteiger partial charge in [0, 0.05) is 11.3 Å². The number of benzene rings is 4. The van der Waals surface area contributed by atoms with Crippen LogP contribution in [0.4, 0.5) is 9.52 Å². The number of amides is 1. The number of aliphatic hydroxyl groups is 1. The fourth-order valence-corrected chi connectivity index (χ4v) is 7.36. The van der Waals surface area contributed by atoms with E-state index in [9.17, 15) is 19.1 Å². The zero-order valence-electron chi connectivity index (χ0n) is 25.6. The molecule has 4 aromatic carbocycles. The Morgan fingerprint density at radius 3 is 2.28 bits per heavy atom. The van der Waals surface area contributed by atoms with Gasteiger partial charge in [0.2, 0.25) is 10.9 Å². The van der Waals surface area contributed by atoms with Crippen molar-refractivity contribution in [2.45, 2.75) is 16.1 Å². The molecule has 0 radical (unpaired) electrons. The molecule has 5 aromatic rings. The molecule has 13 heteroatoms. The molecule has 1 N–H and O–H groups in total. The van der Waals surface area contributed by atoms with E-state index >= 15 is 0 Å². The summed E-state index contributed by atoms with van der Waals surface area (Å²) >= 11 is 2.57. The number of nitrogens with zero attached hydrogens (tertiary/aromatic N) is 3. The van der Waals surface area contributed by atoms with Crippen LogP contribution in [-0.2, 0) is 15.3 Å². The van der Waals surface area contributed by atoms with E-state index in [2.05, 4.69) is 16.3 Å². The number of anilines is 1. The average molecular weight is 674 g/mol. The summed E-state index contributed by atoms with van der Waals surface area (Å²) in [6.45, 7) is 0. The Labute approximate surface area is 277 Å². The number of hydrogen-bond donors (Lipinski definition) is 1. The molecule has 1 aliphatic heterocycles. The van der Waals surface area contributed by atoms with Crippen molar-refractivity contribution < 1.29 is 38.0 Å². The monoisotopic (exact) mass is 673 g/mol. The number of carbonyl (C=O) groups excluding carboxylic acids is 2. The topological polar surface area (TPSA) is 120 Å². The first kappa shape index (κ1) is 31.8. The van der Waals surface area contributed by atoms with Crippen molar-refractivity contribution in [2.75, 3.05) is 33.3 Å². The van der Waals surface area contributed by atoms with E-state index in [1.165, 1.54) is 57.2 Å². The molecule has 0 bridgehead atoms. The smallest absolute Gasteiger partial charge is 0.301 e. The van der Waals surface area contributed by atoms with E-state index < -0.39 is 29.3 Å². The summed E-state index contributed by atoms with van der Waals surface area (Å²) in [5, 5.41) is 22.5. The minimum atomic E-state index is -1.21. The molecule has 2 heterocycles. The Balaban J connectivity index is 1.44. The van der Waals surface area contributed by atoms with Crippen LogP contribution in [0.25, 0.3) is 16.5 Å². The largest absolute Gasteiger partial charge is 0.507 e. The van der Waals surface area contributed by atoms with Crippen molar-refractivity contribution >= 4 is 56.5 Å². The number of aromatic nitrogens is 2. The Morgan fingerprint density at radius 2 is 1.60 bits per heavy atom. The van der Waals surface area contributed by atoms with Gasteiger partial charge < -0.3 is 24.1 Å². The molecule has 0 unspecified atom stereocenters. The third-order valence-corrected chi connectivity index (χ3v) is 9.81. The number of rotatable bonds is 10. The maximum atomic E-state index is 14.7. The predicted octanol–water partition coefficient (Wildman–Crippen LogP) is 6.78. The standard InChI is InChI=1S/C34H28FN3O7S2/c1-42-24-13-12-19(14-23(24)35)29(39)27-28(21-15-25(43-2)31(45-4)26(16-21)44-3)38(32(41)30(27)40)33-36-37-34(47-33)46-17-20-10-7-9-18-8-5-6-11-22(18)20/h5-16,28,39H,17H2,1-4H3/t28-/m0/s1. The van der Waals surface area contributed by atoms with E-state index in [-0.39, 0.29) is 39.3 Å². The Hall–Kier alpha value is -5.14.